The van der Waals surface area contributed by atoms with E-state index in [1.807, 2.05) is 13.0 Å². The Morgan fingerprint density at radius 1 is 1.33 bits per heavy atom. The molecule has 0 aliphatic heterocycles. The fourth-order valence-corrected chi connectivity index (χ4v) is 1.78. The molecule has 0 N–H and O–H groups in total. The smallest absolute Gasteiger partial charge is 0.186 e. The zero-order chi connectivity index (χ0) is 13.0. The Labute approximate surface area is 105 Å². The van der Waals surface area contributed by atoms with Gasteiger partial charge in [-0.3, -0.25) is 0 Å². The van der Waals surface area contributed by atoms with E-state index in [2.05, 4.69) is 10.3 Å². The molecule has 1 heterocycles. The van der Waals surface area contributed by atoms with Crippen molar-refractivity contribution in [1.29, 1.82) is 5.26 Å². The van der Waals surface area contributed by atoms with Crippen LogP contribution in [-0.4, -0.2) is 15.0 Å². The topological polar surface area (TPSA) is 54.5 Å². The molecule has 1 aromatic carbocycles. The van der Waals surface area contributed by atoms with Crippen molar-refractivity contribution >= 4 is 0 Å². The van der Waals surface area contributed by atoms with Gasteiger partial charge in [-0.1, -0.05) is 24.3 Å². The van der Waals surface area contributed by atoms with E-state index in [0.717, 1.165) is 24.2 Å². The molecule has 0 spiro atoms. The van der Waals surface area contributed by atoms with Crippen LogP contribution in [0.3, 0.4) is 0 Å². The highest BCUT2D eigenvalue weighted by molar-refractivity contribution is 5.30. The number of benzene rings is 1. The lowest BCUT2D eigenvalue weighted by molar-refractivity contribution is 0.560. The van der Waals surface area contributed by atoms with Crippen molar-refractivity contribution in [2.75, 3.05) is 0 Å². The van der Waals surface area contributed by atoms with Crippen LogP contribution in [0, 0.1) is 17.1 Å². The predicted molar refractivity (Wildman–Crippen MR) is 64.2 cm³/mol. The summed E-state index contributed by atoms with van der Waals surface area (Å²) < 4.78 is 14.6. The first-order valence-electron chi connectivity index (χ1n) is 5.81. The number of nitriles is 1. The molecule has 1 aromatic heterocycles. The third kappa shape index (κ3) is 2.54. The van der Waals surface area contributed by atoms with Crippen LogP contribution in [0.1, 0.15) is 30.3 Å². The van der Waals surface area contributed by atoms with Crippen LogP contribution in [0.5, 0.6) is 0 Å². The van der Waals surface area contributed by atoms with Crippen molar-refractivity contribution in [2.24, 2.45) is 0 Å². The average Bonchev–Trinajstić information content (AvgIpc) is 2.75. The molecule has 18 heavy (non-hydrogen) atoms. The van der Waals surface area contributed by atoms with E-state index in [1.165, 1.54) is 12.1 Å². The van der Waals surface area contributed by atoms with Crippen molar-refractivity contribution in [3.63, 3.8) is 0 Å². The number of aromatic nitrogens is 3. The molecule has 0 atom stereocenters. The van der Waals surface area contributed by atoms with Crippen LogP contribution in [-0.2, 0) is 13.0 Å². The summed E-state index contributed by atoms with van der Waals surface area (Å²) in [5.74, 6) is -0.264. The Hall–Kier alpha value is -2.22. The normalized spacial score (nSPS) is 10.3. The molecule has 2 aromatic rings. The van der Waals surface area contributed by atoms with Gasteiger partial charge in [0, 0.05) is 13.0 Å². The quantitative estimate of drug-likeness (QED) is 0.829. The maximum absolute atomic E-state index is 12.8. The molecule has 0 bridgehead atoms. The van der Waals surface area contributed by atoms with E-state index in [4.69, 9.17) is 5.26 Å². The molecule has 0 saturated heterocycles. The zero-order valence-electron chi connectivity index (χ0n) is 10.1. The van der Waals surface area contributed by atoms with Gasteiger partial charge >= 0.3 is 0 Å². The second-order valence-electron chi connectivity index (χ2n) is 4.02. The first kappa shape index (κ1) is 12.2. The van der Waals surface area contributed by atoms with Gasteiger partial charge in [-0.15, -0.1) is 5.10 Å². The molecule has 5 heteroatoms. The maximum atomic E-state index is 12.8. The Morgan fingerprint density at radius 3 is 2.67 bits per heavy atom. The van der Waals surface area contributed by atoms with E-state index in [9.17, 15) is 4.39 Å². The number of hydrogen-bond acceptors (Lipinski definition) is 3. The monoisotopic (exact) mass is 244 g/mol. The van der Waals surface area contributed by atoms with Crippen LogP contribution in [0.4, 0.5) is 4.39 Å². The standard InChI is InChI=1S/C13H13FN4/c1-2-7-18-13(12(9-15)16-17-18)8-10-3-5-11(14)6-4-10/h3-6H,2,7-8H2,1H3. The lowest BCUT2D eigenvalue weighted by Crippen LogP contribution is -2.06. The highest BCUT2D eigenvalue weighted by atomic mass is 19.1. The third-order valence-corrected chi connectivity index (χ3v) is 2.66. The molecule has 0 saturated carbocycles. The van der Waals surface area contributed by atoms with Gasteiger partial charge in [0.25, 0.3) is 0 Å². The molecule has 0 radical (unpaired) electrons. The molecule has 2 rings (SSSR count). The van der Waals surface area contributed by atoms with Crippen LogP contribution >= 0.6 is 0 Å². The van der Waals surface area contributed by atoms with Gasteiger partial charge < -0.3 is 0 Å². The van der Waals surface area contributed by atoms with E-state index in [0.29, 0.717) is 12.1 Å². The minimum Gasteiger partial charge on any atom is -0.248 e. The van der Waals surface area contributed by atoms with E-state index >= 15 is 0 Å². The average molecular weight is 244 g/mol. The number of hydrogen-bond donors (Lipinski definition) is 0. The maximum Gasteiger partial charge on any atom is 0.186 e. The van der Waals surface area contributed by atoms with Gasteiger partial charge in [-0.25, -0.2) is 9.07 Å². The molecule has 0 aliphatic rings. The molecule has 92 valence electrons. The van der Waals surface area contributed by atoms with Crippen LogP contribution in [0.25, 0.3) is 0 Å². The summed E-state index contributed by atoms with van der Waals surface area (Å²) >= 11 is 0. The molecule has 0 amide bonds. The number of nitrogens with zero attached hydrogens (tertiary/aromatic N) is 4. The molecule has 0 unspecified atom stereocenters. The fraction of sp³-hybridized carbons (Fsp3) is 0.308. The minimum atomic E-state index is -0.264. The SMILES string of the molecule is CCCn1nnc(C#N)c1Cc1ccc(F)cc1. The van der Waals surface area contributed by atoms with Gasteiger partial charge in [0.1, 0.15) is 11.9 Å². The van der Waals surface area contributed by atoms with E-state index in [-0.39, 0.29) is 5.82 Å². The highest BCUT2D eigenvalue weighted by Crippen LogP contribution is 2.13. The number of halogens is 1. The minimum absolute atomic E-state index is 0.264. The largest absolute Gasteiger partial charge is 0.248 e. The summed E-state index contributed by atoms with van der Waals surface area (Å²) in [6.07, 6.45) is 1.46. The summed E-state index contributed by atoms with van der Waals surface area (Å²) in [6.45, 7) is 2.76. The highest BCUT2D eigenvalue weighted by Gasteiger charge is 2.12. The summed E-state index contributed by atoms with van der Waals surface area (Å²) in [6, 6.07) is 8.28. The summed E-state index contributed by atoms with van der Waals surface area (Å²) in [4.78, 5) is 0. The van der Waals surface area contributed by atoms with Gasteiger partial charge in [0.15, 0.2) is 5.69 Å². The second-order valence-corrected chi connectivity index (χ2v) is 4.02. The lowest BCUT2D eigenvalue weighted by atomic mass is 10.1. The van der Waals surface area contributed by atoms with Crippen molar-refractivity contribution < 1.29 is 4.39 Å². The first-order chi connectivity index (χ1) is 8.74. The van der Waals surface area contributed by atoms with Gasteiger partial charge in [-0.2, -0.15) is 5.26 Å². The van der Waals surface area contributed by atoms with Gasteiger partial charge in [0.2, 0.25) is 0 Å². The molecular weight excluding hydrogens is 231 g/mol. The van der Waals surface area contributed by atoms with Crippen molar-refractivity contribution in [3.05, 3.63) is 47.0 Å². The van der Waals surface area contributed by atoms with E-state index < -0.39 is 0 Å². The zero-order valence-corrected chi connectivity index (χ0v) is 10.1. The predicted octanol–water partition coefficient (Wildman–Crippen LogP) is 2.29. The Bertz CT molecular complexity index is 566. The van der Waals surface area contributed by atoms with Crippen LogP contribution < -0.4 is 0 Å². The third-order valence-electron chi connectivity index (χ3n) is 2.66. The van der Waals surface area contributed by atoms with Crippen LogP contribution in [0.2, 0.25) is 0 Å². The fourth-order valence-electron chi connectivity index (χ4n) is 1.78. The molecular formula is C13H13FN4. The van der Waals surface area contributed by atoms with E-state index in [1.54, 1.807) is 16.8 Å². The summed E-state index contributed by atoms with van der Waals surface area (Å²) in [5, 5.41) is 16.8. The first-order valence-corrected chi connectivity index (χ1v) is 5.81. The molecule has 0 fully saturated rings. The number of aryl methyl sites for hydroxylation is 1. The van der Waals surface area contributed by atoms with Gasteiger partial charge in [-0.05, 0) is 24.1 Å². The van der Waals surface area contributed by atoms with Crippen molar-refractivity contribution in [2.45, 2.75) is 26.3 Å². The molecule has 0 aliphatic carbocycles. The summed E-state index contributed by atoms with van der Waals surface area (Å²) in [5.41, 5.74) is 2.06. The van der Waals surface area contributed by atoms with Crippen molar-refractivity contribution in [3.8, 4) is 6.07 Å². The second kappa shape index (κ2) is 5.41. The lowest BCUT2D eigenvalue weighted by Gasteiger charge is -2.05. The van der Waals surface area contributed by atoms with Crippen molar-refractivity contribution in [1.82, 2.24) is 15.0 Å². The van der Waals surface area contributed by atoms with Crippen LogP contribution in [0.15, 0.2) is 24.3 Å². The Kier molecular flexibility index (Phi) is 3.68. The Morgan fingerprint density at radius 2 is 2.06 bits per heavy atom. The summed E-state index contributed by atoms with van der Waals surface area (Å²) in [7, 11) is 0. The molecule has 4 nitrogen and oxygen atoms in total. The van der Waals surface area contributed by atoms with Gasteiger partial charge in [0.05, 0.1) is 5.69 Å². The Balaban J connectivity index is 2.29. The number of rotatable bonds is 4.